The second-order valence-corrected chi connectivity index (χ2v) is 4.80. The summed E-state index contributed by atoms with van der Waals surface area (Å²) >= 11 is 0. The number of benzene rings is 1. The van der Waals surface area contributed by atoms with E-state index in [9.17, 15) is 0 Å². The Labute approximate surface area is 102 Å². The number of aliphatic imine (C=N–C) groups is 1. The zero-order chi connectivity index (χ0) is 11.5. The SMILES string of the molecule is c1cc(C2=NCCO2)ccc1CC1CCNC1. The van der Waals surface area contributed by atoms with Gasteiger partial charge in [0.1, 0.15) is 6.61 Å². The lowest BCUT2D eigenvalue weighted by atomic mass is 9.98. The molecule has 1 atom stereocenters. The first kappa shape index (κ1) is 10.8. The molecule has 17 heavy (non-hydrogen) atoms. The fraction of sp³-hybridized carbons (Fsp3) is 0.500. The van der Waals surface area contributed by atoms with Crippen LogP contribution < -0.4 is 5.32 Å². The largest absolute Gasteiger partial charge is 0.476 e. The van der Waals surface area contributed by atoms with Crippen LogP contribution in [0.2, 0.25) is 0 Å². The van der Waals surface area contributed by atoms with Crippen molar-refractivity contribution in [1.82, 2.24) is 5.32 Å². The van der Waals surface area contributed by atoms with Crippen LogP contribution in [0.3, 0.4) is 0 Å². The minimum atomic E-state index is 0.727. The van der Waals surface area contributed by atoms with Gasteiger partial charge in [0.25, 0.3) is 0 Å². The molecule has 3 heteroatoms. The van der Waals surface area contributed by atoms with Gasteiger partial charge in [0.05, 0.1) is 6.54 Å². The zero-order valence-corrected chi connectivity index (χ0v) is 9.98. The molecule has 3 rings (SSSR count). The Kier molecular flexibility index (Phi) is 3.10. The highest BCUT2D eigenvalue weighted by molar-refractivity contribution is 5.94. The molecule has 0 saturated carbocycles. The van der Waals surface area contributed by atoms with Gasteiger partial charge in [0, 0.05) is 5.56 Å². The van der Waals surface area contributed by atoms with Crippen molar-refractivity contribution in [2.24, 2.45) is 10.9 Å². The molecule has 1 fully saturated rings. The lowest BCUT2D eigenvalue weighted by Crippen LogP contribution is -2.10. The summed E-state index contributed by atoms with van der Waals surface area (Å²) in [5.74, 6) is 1.61. The normalized spacial score (nSPS) is 23.5. The highest BCUT2D eigenvalue weighted by Crippen LogP contribution is 2.16. The molecule has 0 amide bonds. The van der Waals surface area contributed by atoms with Crippen molar-refractivity contribution in [3.8, 4) is 0 Å². The third kappa shape index (κ3) is 2.50. The minimum Gasteiger partial charge on any atom is -0.476 e. The van der Waals surface area contributed by atoms with E-state index in [1.165, 1.54) is 24.9 Å². The second-order valence-electron chi connectivity index (χ2n) is 4.80. The van der Waals surface area contributed by atoms with Crippen LogP contribution in [0, 0.1) is 5.92 Å². The van der Waals surface area contributed by atoms with Crippen molar-refractivity contribution in [3.05, 3.63) is 35.4 Å². The number of nitrogens with zero attached hydrogens (tertiary/aromatic N) is 1. The van der Waals surface area contributed by atoms with Gasteiger partial charge in [-0.3, -0.25) is 0 Å². The number of rotatable bonds is 3. The Morgan fingerprint density at radius 1 is 1.29 bits per heavy atom. The van der Waals surface area contributed by atoms with Crippen LogP contribution in [-0.2, 0) is 11.2 Å². The van der Waals surface area contributed by atoms with Gasteiger partial charge in [-0.05, 0) is 49.5 Å². The highest BCUT2D eigenvalue weighted by atomic mass is 16.5. The molecule has 0 aromatic heterocycles. The molecule has 2 heterocycles. The second kappa shape index (κ2) is 4.88. The molecule has 2 aliphatic heterocycles. The third-order valence-electron chi connectivity index (χ3n) is 3.47. The van der Waals surface area contributed by atoms with E-state index in [2.05, 4.69) is 34.6 Å². The zero-order valence-electron chi connectivity index (χ0n) is 9.98. The first-order chi connectivity index (χ1) is 8.42. The van der Waals surface area contributed by atoms with Crippen LogP contribution in [0.5, 0.6) is 0 Å². The van der Waals surface area contributed by atoms with E-state index in [1.807, 2.05) is 0 Å². The molecule has 0 aliphatic carbocycles. The molecule has 1 saturated heterocycles. The van der Waals surface area contributed by atoms with E-state index in [-0.39, 0.29) is 0 Å². The highest BCUT2D eigenvalue weighted by Gasteiger charge is 2.15. The van der Waals surface area contributed by atoms with Crippen LogP contribution in [0.1, 0.15) is 17.5 Å². The van der Waals surface area contributed by atoms with Gasteiger partial charge in [-0.15, -0.1) is 0 Å². The minimum absolute atomic E-state index is 0.727. The maximum absolute atomic E-state index is 5.45. The molecule has 1 aromatic rings. The molecule has 1 unspecified atom stereocenters. The summed E-state index contributed by atoms with van der Waals surface area (Å²) in [6.07, 6.45) is 2.48. The van der Waals surface area contributed by atoms with E-state index >= 15 is 0 Å². The van der Waals surface area contributed by atoms with Crippen molar-refractivity contribution in [3.63, 3.8) is 0 Å². The average molecular weight is 230 g/mol. The predicted octanol–water partition coefficient (Wildman–Crippen LogP) is 1.62. The molecule has 3 nitrogen and oxygen atoms in total. The maximum atomic E-state index is 5.45. The summed E-state index contributed by atoms with van der Waals surface area (Å²) in [4.78, 5) is 4.32. The summed E-state index contributed by atoms with van der Waals surface area (Å²) in [5, 5.41) is 3.41. The van der Waals surface area contributed by atoms with Crippen LogP contribution in [0.25, 0.3) is 0 Å². The average Bonchev–Trinajstić information content (AvgIpc) is 3.01. The van der Waals surface area contributed by atoms with Crippen LogP contribution >= 0.6 is 0 Å². The van der Waals surface area contributed by atoms with Gasteiger partial charge in [-0.1, -0.05) is 12.1 Å². The molecule has 1 N–H and O–H groups in total. The number of ether oxygens (including phenoxy) is 1. The van der Waals surface area contributed by atoms with E-state index in [4.69, 9.17) is 4.74 Å². The Morgan fingerprint density at radius 2 is 2.18 bits per heavy atom. The molecule has 90 valence electrons. The van der Waals surface area contributed by atoms with E-state index in [1.54, 1.807) is 0 Å². The summed E-state index contributed by atoms with van der Waals surface area (Å²) in [6.45, 7) is 3.86. The van der Waals surface area contributed by atoms with Gasteiger partial charge in [-0.25, -0.2) is 4.99 Å². The van der Waals surface area contributed by atoms with E-state index in [0.717, 1.165) is 37.1 Å². The first-order valence-electron chi connectivity index (χ1n) is 6.39. The summed E-state index contributed by atoms with van der Waals surface area (Å²) < 4.78 is 5.45. The van der Waals surface area contributed by atoms with Crippen molar-refractivity contribution in [2.75, 3.05) is 26.2 Å². The number of hydrogen-bond acceptors (Lipinski definition) is 3. The van der Waals surface area contributed by atoms with Gasteiger partial charge < -0.3 is 10.1 Å². The van der Waals surface area contributed by atoms with Crippen molar-refractivity contribution in [2.45, 2.75) is 12.8 Å². The predicted molar refractivity (Wildman–Crippen MR) is 68.5 cm³/mol. The van der Waals surface area contributed by atoms with Gasteiger partial charge in [-0.2, -0.15) is 0 Å². The molecule has 1 aromatic carbocycles. The smallest absolute Gasteiger partial charge is 0.216 e. The monoisotopic (exact) mass is 230 g/mol. The van der Waals surface area contributed by atoms with Crippen molar-refractivity contribution < 1.29 is 4.74 Å². The molecule has 0 bridgehead atoms. The molecule has 2 aliphatic rings. The number of hydrogen-bond donors (Lipinski definition) is 1. The summed E-state index contributed by atoms with van der Waals surface area (Å²) in [7, 11) is 0. The summed E-state index contributed by atoms with van der Waals surface area (Å²) in [5.41, 5.74) is 2.52. The van der Waals surface area contributed by atoms with Crippen molar-refractivity contribution >= 4 is 5.90 Å². The fourth-order valence-corrected chi connectivity index (χ4v) is 2.52. The third-order valence-corrected chi connectivity index (χ3v) is 3.47. The lowest BCUT2D eigenvalue weighted by Gasteiger charge is -2.09. The summed E-state index contributed by atoms with van der Waals surface area (Å²) in [6, 6.07) is 8.67. The molecular formula is C14H18N2O. The Balaban J connectivity index is 1.66. The lowest BCUT2D eigenvalue weighted by molar-refractivity contribution is 0.348. The van der Waals surface area contributed by atoms with E-state index in [0.29, 0.717) is 0 Å². The van der Waals surface area contributed by atoms with Gasteiger partial charge in [0.2, 0.25) is 5.90 Å². The molecular weight excluding hydrogens is 212 g/mol. The standard InChI is InChI=1S/C14H18N2O/c1-3-13(14-16-7-8-17-14)4-2-11(1)9-12-5-6-15-10-12/h1-4,12,15H,5-10H2. The van der Waals surface area contributed by atoms with Crippen molar-refractivity contribution in [1.29, 1.82) is 0 Å². The Morgan fingerprint density at radius 3 is 2.82 bits per heavy atom. The van der Waals surface area contributed by atoms with E-state index < -0.39 is 0 Å². The maximum Gasteiger partial charge on any atom is 0.216 e. The fourth-order valence-electron chi connectivity index (χ4n) is 2.52. The first-order valence-corrected chi connectivity index (χ1v) is 6.39. The van der Waals surface area contributed by atoms with Crippen LogP contribution in [0.15, 0.2) is 29.3 Å². The quantitative estimate of drug-likeness (QED) is 0.856. The molecule has 0 spiro atoms. The topological polar surface area (TPSA) is 33.6 Å². The number of nitrogens with one attached hydrogen (secondary N) is 1. The Hall–Kier alpha value is -1.35. The van der Waals surface area contributed by atoms with Gasteiger partial charge in [0.15, 0.2) is 0 Å². The van der Waals surface area contributed by atoms with Gasteiger partial charge >= 0.3 is 0 Å². The van der Waals surface area contributed by atoms with Crippen LogP contribution in [-0.4, -0.2) is 32.1 Å². The van der Waals surface area contributed by atoms with Crippen LogP contribution in [0.4, 0.5) is 0 Å². The molecule has 0 radical (unpaired) electrons. The Bertz CT molecular complexity index is 405.